The van der Waals surface area contributed by atoms with Crippen LogP contribution in [0.3, 0.4) is 0 Å². The molecule has 0 saturated carbocycles. The summed E-state index contributed by atoms with van der Waals surface area (Å²) in [5.41, 5.74) is 1.48. The van der Waals surface area contributed by atoms with Crippen molar-refractivity contribution >= 4 is 0 Å². The zero-order valence-corrected chi connectivity index (χ0v) is 12.9. The molecule has 1 aromatic carbocycles. The van der Waals surface area contributed by atoms with Crippen LogP contribution in [0.1, 0.15) is 24.8 Å². The van der Waals surface area contributed by atoms with Crippen LogP contribution in [0.25, 0.3) is 0 Å². The highest BCUT2D eigenvalue weighted by molar-refractivity contribution is 5.14. The van der Waals surface area contributed by atoms with Crippen molar-refractivity contribution in [1.82, 2.24) is 15.1 Å². The van der Waals surface area contributed by atoms with E-state index < -0.39 is 0 Å². The van der Waals surface area contributed by atoms with Crippen LogP contribution in [-0.4, -0.2) is 56.2 Å². The van der Waals surface area contributed by atoms with Gasteiger partial charge in [-0.15, -0.1) is 0 Å². The van der Waals surface area contributed by atoms with E-state index in [4.69, 9.17) is 0 Å². The Bertz CT molecular complexity index is 345. The predicted octanol–water partition coefficient (Wildman–Crippen LogP) is 2.19. The normalized spacial score (nSPS) is 17.4. The molecule has 1 fully saturated rings. The minimum Gasteiger partial charge on any atom is -0.307 e. The minimum atomic E-state index is 1.03. The van der Waals surface area contributed by atoms with Gasteiger partial charge in [-0.3, -0.25) is 4.90 Å². The topological polar surface area (TPSA) is 18.5 Å². The van der Waals surface area contributed by atoms with Crippen LogP contribution >= 0.6 is 0 Å². The smallest absolute Gasteiger partial charge is 0.0479 e. The molecule has 1 N–H and O–H groups in total. The average molecular weight is 275 g/mol. The molecule has 1 aliphatic rings. The van der Waals surface area contributed by atoms with Gasteiger partial charge in [0.05, 0.1) is 0 Å². The van der Waals surface area contributed by atoms with E-state index in [-0.39, 0.29) is 0 Å². The highest BCUT2D eigenvalue weighted by atomic mass is 15.3. The van der Waals surface area contributed by atoms with Gasteiger partial charge < -0.3 is 10.2 Å². The van der Waals surface area contributed by atoms with Gasteiger partial charge in [0, 0.05) is 32.8 Å². The number of unbranched alkanes of at least 4 members (excludes halogenated alkanes) is 2. The Morgan fingerprint density at radius 2 is 1.60 bits per heavy atom. The third kappa shape index (κ3) is 5.61. The zero-order valence-electron chi connectivity index (χ0n) is 12.9. The fraction of sp³-hybridized carbons (Fsp3) is 0.647. The lowest BCUT2D eigenvalue weighted by atomic mass is 10.1. The second-order valence-electron chi connectivity index (χ2n) is 5.77. The Morgan fingerprint density at radius 1 is 0.900 bits per heavy atom. The van der Waals surface area contributed by atoms with Gasteiger partial charge in [-0.2, -0.15) is 0 Å². The van der Waals surface area contributed by atoms with E-state index in [1.807, 2.05) is 7.05 Å². The van der Waals surface area contributed by atoms with Crippen LogP contribution < -0.4 is 5.32 Å². The first-order valence-electron chi connectivity index (χ1n) is 8.02. The molecule has 0 aromatic heterocycles. The van der Waals surface area contributed by atoms with Crippen molar-refractivity contribution in [2.24, 2.45) is 0 Å². The maximum absolute atomic E-state index is 3.24. The zero-order chi connectivity index (χ0) is 14.0. The van der Waals surface area contributed by atoms with Gasteiger partial charge in [0.15, 0.2) is 0 Å². The highest BCUT2D eigenvalue weighted by Gasteiger charge is 2.15. The van der Waals surface area contributed by atoms with Crippen molar-refractivity contribution < 1.29 is 0 Å². The Kier molecular flexibility index (Phi) is 7.06. The molecule has 1 heterocycles. The number of rotatable bonds is 8. The van der Waals surface area contributed by atoms with E-state index in [0.717, 1.165) is 6.67 Å². The standard InChI is InChI=1S/C17H29N3/c1-18-16-20-14-12-19(13-15-20)11-7-3-6-10-17-8-4-2-5-9-17/h2,4-5,8-9,18H,3,6-7,10-16H2,1H3. The van der Waals surface area contributed by atoms with Crippen LogP contribution in [0.2, 0.25) is 0 Å². The van der Waals surface area contributed by atoms with E-state index in [0.29, 0.717) is 0 Å². The largest absolute Gasteiger partial charge is 0.307 e. The molecule has 20 heavy (non-hydrogen) atoms. The second-order valence-corrected chi connectivity index (χ2v) is 5.77. The second kappa shape index (κ2) is 9.11. The number of hydrogen-bond donors (Lipinski definition) is 1. The van der Waals surface area contributed by atoms with Gasteiger partial charge in [-0.1, -0.05) is 36.8 Å². The molecular formula is C17H29N3. The summed E-state index contributed by atoms with van der Waals surface area (Å²) < 4.78 is 0. The third-order valence-electron chi connectivity index (χ3n) is 4.13. The number of benzene rings is 1. The van der Waals surface area contributed by atoms with Crippen molar-refractivity contribution in [2.75, 3.05) is 46.4 Å². The first-order valence-corrected chi connectivity index (χ1v) is 8.02. The lowest BCUT2D eigenvalue weighted by Gasteiger charge is -2.34. The Morgan fingerprint density at radius 3 is 2.30 bits per heavy atom. The number of hydrogen-bond acceptors (Lipinski definition) is 3. The number of nitrogens with zero attached hydrogens (tertiary/aromatic N) is 2. The highest BCUT2D eigenvalue weighted by Crippen LogP contribution is 2.08. The number of nitrogens with one attached hydrogen (secondary N) is 1. The van der Waals surface area contributed by atoms with Gasteiger partial charge in [0.2, 0.25) is 0 Å². The SMILES string of the molecule is CNCN1CCN(CCCCCc2ccccc2)CC1. The molecule has 1 saturated heterocycles. The van der Waals surface area contributed by atoms with Gasteiger partial charge in [0.25, 0.3) is 0 Å². The summed E-state index contributed by atoms with van der Waals surface area (Å²) in [7, 11) is 2.03. The molecule has 2 rings (SSSR count). The van der Waals surface area contributed by atoms with Crippen LogP contribution in [0.4, 0.5) is 0 Å². The number of aryl methyl sites for hydroxylation is 1. The molecule has 0 radical (unpaired) electrons. The first kappa shape index (κ1) is 15.5. The van der Waals surface area contributed by atoms with Crippen molar-refractivity contribution in [3.05, 3.63) is 35.9 Å². The monoisotopic (exact) mass is 275 g/mol. The maximum Gasteiger partial charge on any atom is 0.0479 e. The maximum atomic E-state index is 3.24. The summed E-state index contributed by atoms with van der Waals surface area (Å²) in [6, 6.07) is 10.8. The van der Waals surface area contributed by atoms with E-state index >= 15 is 0 Å². The van der Waals surface area contributed by atoms with Gasteiger partial charge >= 0.3 is 0 Å². The summed E-state index contributed by atoms with van der Waals surface area (Å²) >= 11 is 0. The molecule has 0 bridgehead atoms. The predicted molar refractivity (Wildman–Crippen MR) is 85.9 cm³/mol. The molecule has 0 spiro atoms. The van der Waals surface area contributed by atoms with Crippen LogP contribution in [0.15, 0.2) is 30.3 Å². The lowest BCUT2D eigenvalue weighted by Crippen LogP contribution is -2.48. The van der Waals surface area contributed by atoms with E-state index in [9.17, 15) is 0 Å². The van der Waals surface area contributed by atoms with Crippen LogP contribution in [-0.2, 0) is 6.42 Å². The molecule has 0 unspecified atom stereocenters. The van der Waals surface area contributed by atoms with Gasteiger partial charge in [-0.25, -0.2) is 0 Å². The molecule has 112 valence electrons. The van der Waals surface area contributed by atoms with E-state index in [1.54, 1.807) is 0 Å². The molecule has 3 heteroatoms. The molecule has 3 nitrogen and oxygen atoms in total. The third-order valence-corrected chi connectivity index (χ3v) is 4.13. The van der Waals surface area contributed by atoms with Gasteiger partial charge in [0.1, 0.15) is 0 Å². The quantitative estimate of drug-likeness (QED) is 0.734. The molecule has 1 aromatic rings. The molecule has 1 aliphatic heterocycles. The fourth-order valence-electron chi connectivity index (χ4n) is 2.88. The van der Waals surface area contributed by atoms with Crippen molar-refractivity contribution in [1.29, 1.82) is 0 Å². The summed E-state index contributed by atoms with van der Waals surface area (Å²) in [5.74, 6) is 0. The summed E-state index contributed by atoms with van der Waals surface area (Å²) in [4.78, 5) is 5.11. The van der Waals surface area contributed by atoms with Crippen LogP contribution in [0, 0.1) is 0 Å². The van der Waals surface area contributed by atoms with Crippen molar-refractivity contribution in [2.45, 2.75) is 25.7 Å². The Labute approximate surface area is 124 Å². The van der Waals surface area contributed by atoms with Crippen molar-refractivity contribution in [3.8, 4) is 0 Å². The lowest BCUT2D eigenvalue weighted by molar-refractivity contribution is 0.126. The van der Waals surface area contributed by atoms with Crippen molar-refractivity contribution in [3.63, 3.8) is 0 Å². The van der Waals surface area contributed by atoms with E-state index in [2.05, 4.69) is 45.4 Å². The fourth-order valence-corrected chi connectivity index (χ4v) is 2.88. The average Bonchev–Trinajstić information content (AvgIpc) is 2.50. The summed E-state index contributed by atoms with van der Waals surface area (Å²) in [5, 5.41) is 3.24. The Hall–Kier alpha value is -0.900. The van der Waals surface area contributed by atoms with Crippen LogP contribution in [0.5, 0.6) is 0 Å². The first-order chi connectivity index (χ1) is 9.88. The summed E-state index contributed by atoms with van der Waals surface area (Å²) in [6.07, 6.45) is 5.25. The molecule has 0 atom stereocenters. The van der Waals surface area contributed by atoms with Gasteiger partial charge in [-0.05, 0) is 38.4 Å². The molecule has 0 amide bonds. The Balaban J connectivity index is 1.50. The molecular weight excluding hydrogens is 246 g/mol. The minimum absolute atomic E-state index is 1.03. The number of piperazine rings is 1. The summed E-state index contributed by atoms with van der Waals surface area (Å²) in [6.45, 7) is 7.21. The van der Waals surface area contributed by atoms with E-state index in [1.165, 1.54) is 64.0 Å². The molecule has 0 aliphatic carbocycles.